The Bertz CT molecular complexity index is 1620. The average Bonchev–Trinajstić information content (AvgIpc) is 3.48. The average molecular weight is 499 g/mol. The fourth-order valence-electron chi connectivity index (χ4n) is 5.89. The van der Waals surface area contributed by atoms with Gasteiger partial charge in [-0.3, -0.25) is 4.57 Å². The van der Waals surface area contributed by atoms with E-state index in [1.165, 1.54) is 28.8 Å². The van der Waals surface area contributed by atoms with Gasteiger partial charge in [0.05, 0.1) is 46.2 Å². The van der Waals surface area contributed by atoms with Crippen LogP contribution in [-0.2, 0) is 20.7 Å². The van der Waals surface area contributed by atoms with E-state index in [2.05, 4.69) is 6.07 Å². The Morgan fingerprint density at radius 1 is 1.05 bits per heavy atom. The predicted molar refractivity (Wildman–Crippen MR) is 132 cm³/mol. The Morgan fingerprint density at radius 3 is 2.49 bits per heavy atom. The molecule has 0 spiro atoms. The van der Waals surface area contributed by atoms with Crippen LogP contribution in [0.1, 0.15) is 53.2 Å². The molecule has 3 heterocycles. The zero-order chi connectivity index (χ0) is 25.9. The molecule has 1 fully saturated rings. The SMILES string of the molecule is C[C@]12CC[C@](CCOC(=O)c3ccc(F)cc3)(O1)c1c2c(O)n(-c2ccc(C#N)c3ccccc23)c1O. The van der Waals surface area contributed by atoms with E-state index in [1.807, 2.05) is 31.2 Å². The van der Waals surface area contributed by atoms with Crippen molar-refractivity contribution >= 4 is 16.7 Å². The van der Waals surface area contributed by atoms with Crippen LogP contribution in [0, 0.1) is 17.1 Å². The van der Waals surface area contributed by atoms with E-state index in [0.29, 0.717) is 46.0 Å². The first-order chi connectivity index (χ1) is 17.8. The molecule has 0 saturated carbocycles. The second-order valence-corrected chi connectivity index (χ2v) is 9.74. The maximum absolute atomic E-state index is 13.2. The van der Waals surface area contributed by atoms with Crippen molar-refractivity contribution in [1.82, 2.24) is 4.57 Å². The van der Waals surface area contributed by atoms with Gasteiger partial charge in [0.15, 0.2) is 0 Å². The molecule has 0 radical (unpaired) electrons. The first-order valence-corrected chi connectivity index (χ1v) is 12.0. The lowest BCUT2D eigenvalue weighted by Gasteiger charge is -2.26. The lowest BCUT2D eigenvalue weighted by Crippen LogP contribution is -2.25. The summed E-state index contributed by atoms with van der Waals surface area (Å²) in [5, 5.41) is 33.8. The molecule has 2 aliphatic rings. The first kappa shape index (κ1) is 23.1. The van der Waals surface area contributed by atoms with E-state index in [-0.39, 0.29) is 30.4 Å². The number of ether oxygens (including phenoxy) is 2. The normalized spacial score (nSPS) is 21.6. The number of halogens is 1. The molecule has 3 aromatic carbocycles. The summed E-state index contributed by atoms with van der Waals surface area (Å²) in [5.74, 6) is -1.28. The maximum atomic E-state index is 13.2. The van der Waals surface area contributed by atoms with Gasteiger partial charge in [0.25, 0.3) is 0 Å². The van der Waals surface area contributed by atoms with Gasteiger partial charge in [0.2, 0.25) is 11.8 Å². The van der Waals surface area contributed by atoms with Crippen LogP contribution < -0.4 is 0 Å². The molecule has 1 saturated heterocycles. The largest absolute Gasteiger partial charge is 0.494 e. The van der Waals surface area contributed by atoms with Crippen LogP contribution in [0.15, 0.2) is 60.7 Å². The molecule has 186 valence electrons. The summed E-state index contributed by atoms with van der Waals surface area (Å²) in [6.07, 6.45) is 1.47. The number of carbonyl (C=O) groups is 1. The topological polar surface area (TPSA) is 105 Å². The van der Waals surface area contributed by atoms with Crippen molar-refractivity contribution in [3.8, 4) is 23.5 Å². The minimum absolute atomic E-state index is 0.0108. The van der Waals surface area contributed by atoms with E-state index < -0.39 is 23.0 Å². The quantitative estimate of drug-likeness (QED) is 0.351. The van der Waals surface area contributed by atoms with Crippen molar-refractivity contribution in [3.05, 3.63) is 88.7 Å². The molecular formula is C29H23FN2O5. The highest BCUT2D eigenvalue weighted by molar-refractivity contribution is 5.95. The summed E-state index contributed by atoms with van der Waals surface area (Å²) in [4.78, 5) is 12.4. The molecule has 8 heteroatoms. The number of rotatable bonds is 5. The fraction of sp³-hybridized carbons (Fsp3) is 0.241. The van der Waals surface area contributed by atoms with Gasteiger partial charge < -0.3 is 19.7 Å². The number of nitriles is 1. The summed E-state index contributed by atoms with van der Waals surface area (Å²) >= 11 is 0. The van der Waals surface area contributed by atoms with Crippen molar-refractivity contribution < 1.29 is 28.9 Å². The molecule has 2 aliphatic heterocycles. The highest BCUT2D eigenvalue weighted by atomic mass is 19.1. The second kappa shape index (κ2) is 8.08. The smallest absolute Gasteiger partial charge is 0.338 e. The van der Waals surface area contributed by atoms with Gasteiger partial charge >= 0.3 is 5.97 Å². The van der Waals surface area contributed by atoms with Gasteiger partial charge in [-0.2, -0.15) is 5.26 Å². The number of carbonyl (C=O) groups excluding carboxylic acids is 1. The van der Waals surface area contributed by atoms with Crippen molar-refractivity contribution in [1.29, 1.82) is 5.26 Å². The van der Waals surface area contributed by atoms with Crippen LogP contribution in [0.2, 0.25) is 0 Å². The molecular weight excluding hydrogens is 475 g/mol. The van der Waals surface area contributed by atoms with Crippen molar-refractivity contribution in [2.45, 2.75) is 37.4 Å². The molecule has 2 bridgehead atoms. The number of hydrogen-bond donors (Lipinski definition) is 2. The number of nitrogens with zero attached hydrogens (tertiary/aromatic N) is 2. The van der Waals surface area contributed by atoms with Crippen LogP contribution in [0.5, 0.6) is 11.8 Å². The predicted octanol–water partition coefficient (Wildman–Crippen LogP) is 5.53. The summed E-state index contributed by atoms with van der Waals surface area (Å²) in [5.41, 5.74) is 0.531. The summed E-state index contributed by atoms with van der Waals surface area (Å²) in [6.45, 7) is 1.89. The van der Waals surface area contributed by atoms with Gasteiger partial charge in [0.1, 0.15) is 11.4 Å². The van der Waals surface area contributed by atoms with E-state index in [9.17, 15) is 24.7 Å². The molecule has 2 atom stereocenters. The number of benzene rings is 3. The maximum Gasteiger partial charge on any atom is 0.338 e. The van der Waals surface area contributed by atoms with Crippen molar-refractivity contribution in [2.24, 2.45) is 0 Å². The molecule has 2 N–H and O–H groups in total. The molecule has 6 rings (SSSR count). The second-order valence-electron chi connectivity index (χ2n) is 9.74. The molecule has 0 aliphatic carbocycles. The van der Waals surface area contributed by atoms with Gasteiger partial charge in [0, 0.05) is 17.2 Å². The Balaban J connectivity index is 1.37. The molecule has 0 amide bonds. The van der Waals surface area contributed by atoms with E-state index >= 15 is 0 Å². The van der Waals surface area contributed by atoms with E-state index in [1.54, 1.807) is 12.1 Å². The minimum Gasteiger partial charge on any atom is -0.494 e. The lowest BCUT2D eigenvalue weighted by molar-refractivity contribution is -0.0897. The van der Waals surface area contributed by atoms with Crippen molar-refractivity contribution in [3.63, 3.8) is 0 Å². The fourth-order valence-corrected chi connectivity index (χ4v) is 5.89. The van der Waals surface area contributed by atoms with Gasteiger partial charge in [-0.25, -0.2) is 9.18 Å². The Labute approximate surface area is 211 Å². The number of hydrogen-bond acceptors (Lipinski definition) is 6. The molecule has 0 unspecified atom stereocenters. The highest BCUT2D eigenvalue weighted by Crippen LogP contribution is 2.65. The summed E-state index contributed by atoms with van der Waals surface area (Å²) in [6, 6.07) is 18.0. The molecule has 37 heavy (non-hydrogen) atoms. The Hall–Kier alpha value is -4.35. The minimum atomic E-state index is -0.942. The van der Waals surface area contributed by atoms with E-state index in [4.69, 9.17) is 9.47 Å². The van der Waals surface area contributed by atoms with Gasteiger partial charge in [-0.15, -0.1) is 0 Å². The van der Waals surface area contributed by atoms with E-state index in [0.717, 1.165) is 0 Å². The third-order valence-corrected chi connectivity index (χ3v) is 7.61. The zero-order valence-corrected chi connectivity index (χ0v) is 20.0. The zero-order valence-electron chi connectivity index (χ0n) is 20.0. The third kappa shape index (κ3) is 3.31. The van der Waals surface area contributed by atoms with Crippen molar-refractivity contribution in [2.75, 3.05) is 6.61 Å². The molecule has 7 nitrogen and oxygen atoms in total. The Morgan fingerprint density at radius 2 is 1.76 bits per heavy atom. The lowest BCUT2D eigenvalue weighted by atomic mass is 9.78. The van der Waals surface area contributed by atoms with Crippen LogP contribution in [0.4, 0.5) is 4.39 Å². The summed E-state index contributed by atoms with van der Waals surface area (Å²) < 4.78 is 26.4. The van der Waals surface area contributed by atoms with Crippen LogP contribution in [-0.4, -0.2) is 27.4 Å². The van der Waals surface area contributed by atoms with Crippen LogP contribution in [0.3, 0.4) is 0 Å². The Kier molecular flexibility index (Phi) is 5.04. The summed E-state index contributed by atoms with van der Waals surface area (Å²) in [7, 11) is 0. The first-order valence-electron chi connectivity index (χ1n) is 12.0. The number of aromatic hydroxyl groups is 2. The number of fused-ring (bicyclic) bond motifs is 6. The van der Waals surface area contributed by atoms with Gasteiger partial charge in [-0.05, 0) is 56.2 Å². The van der Waals surface area contributed by atoms with Crippen LogP contribution >= 0.6 is 0 Å². The third-order valence-electron chi connectivity index (χ3n) is 7.61. The van der Waals surface area contributed by atoms with Crippen LogP contribution in [0.25, 0.3) is 16.5 Å². The van der Waals surface area contributed by atoms with Gasteiger partial charge in [-0.1, -0.05) is 24.3 Å². The molecule has 1 aromatic heterocycles. The number of aromatic nitrogens is 1. The molecule has 4 aromatic rings. The standard InChI is InChI=1S/C29H23FN2O5/c1-28-12-13-29(37-28,14-15-36-27(35)17-6-9-19(30)10-7-17)24-23(28)25(33)32(26(24)34)22-11-8-18(16-31)20-4-2-3-5-21(20)22/h2-11,33-34H,12-15H2,1H3/t28-,29-/m1/s1. The highest BCUT2D eigenvalue weighted by Gasteiger charge is 2.61. The monoisotopic (exact) mass is 498 g/mol. The number of esters is 1.